The molecular formula is C13H27NO. The number of rotatable bonds is 7. The van der Waals surface area contributed by atoms with Gasteiger partial charge in [0.15, 0.2) is 0 Å². The summed E-state index contributed by atoms with van der Waals surface area (Å²) in [5, 5.41) is 0. The van der Waals surface area contributed by atoms with E-state index in [1.807, 2.05) is 0 Å². The van der Waals surface area contributed by atoms with Crippen LogP contribution < -0.4 is 0 Å². The Morgan fingerprint density at radius 1 is 1.20 bits per heavy atom. The molecule has 0 aliphatic heterocycles. The molecule has 0 amide bonds. The minimum absolute atomic E-state index is 0.125. The summed E-state index contributed by atoms with van der Waals surface area (Å²) in [6, 6.07) is 0.354. The molecule has 0 atom stereocenters. The van der Waals surface area contributed by atoms with Crippen molar-refractivity contribution >= 4 is 5.71 Å². The highest BCUT2D eigenvalue weighted by molar-refractivity contribution is 5.90. The minimum atomic E-state index is -0.125. The number of hydrogen-bond donors (Lipinski definition) is 0. The van der Waals surface area contributed by atoms with Gasteiger partial charge in [-0.25, -0.2) is 0 Å². The van der Waals surface area contributed by atoms with Crippen molar-refractivity contribution in [1.29, 1.82) is 0 Å². The monoisotopic (exact) mass is 213 g/mol. The van der Waals surface area contributed by atoms with Crippen LogP contribution in [0.3, 0.4) is 0 Å². The average molecular weight is 213 g/mol. The van der Waals surface area contributed by atoms with Gasteiger partial charge in [0.2, 0.25) is 0 Å². The molecule has 0 rings (SSSR count). The summed E-state index contributed by atoms with van der Waals surface area (Å²) < 4.78 is 6.01. The van der Waals surface area contributed by atoms with Gasteiger partial charge in [0.25, 0.3) is 0 Å². The van der Waals surface area contributed by atoms with Crippen LogP contribution in [0.4, 0.5) is 0 Å². The van der Waals surface area contributed by atoms with Gasteiger partial charge in [-0.3, -0.25) is 4.99 Å². The molecule has 90 valence electrons. The van der Waals surface area contributed by atoms with Crippen LogP contribution in [0.2, 0.25) is 0 Å². The largest absolute Gasteiger partial charge is 0.369 e. The zero-order valence-electron chi connectivity index (χ0n) is 11.3. The summed E-state index contributed by atoms with van der Waals surface area (Å²) >= 11 is 0. The third kappa shape index (κ3) is 4.33. The summed E-state index contributed by atoms with van der Waals surface area (Å²) in [6.07, 6.45) is 3.08. The van der Waals surface area contributed by atoms with Crippen LogP contribution in [0.25, 0.3) is 0 Å². The lowest BCUT2D eigenvalue weighted by atomic mass is 9.91. The van der Waals surface area contributed by atoms with E-state index >= 15 is 0 Å². The maximum absolute atomic E-state index is 6.01. The molecule has 0 bridgehead atoms. The van der Waals surface area contributed by atoms with Crippen molar-refractivity contribution in [2.45, 2.75) is 72.4 Å². The molecule has 0 aromatic carbocycles. The fourth-order valence-corrected chi connectivity index (χ4v) is 1.87. The Labute approximate surface area is 95.1 Å². The highest BCUT2D eigenvalue weighted by atomic mass is 16.5. The first-order chi connectivity index (χ1) is 7.02. The zero-order chi connectivity index (χ0) is 11.9. The molecule has 0 radical (unpaired) electrons. The van der Waals surface area contributed by atoms with E-state index in [9.17, 15) is 0 Å². The molecule has 0 fully saturated rings. The summed E-state index contributed by atoms with van der Waals surface area (Å²) in [6.45, 7) is 13.6. The highest BCUT2D eigenvalue weighted by Gasteiger charge is 2.30. The van der Waals surface area contributed by atoms with Crippen molar-refractivity contribution in [1.82, 2.24) is 0 Å². The highest BCUT2D eigenvalue weighted by Crippen LogP contribution is 2.23. The fourth-order valence-electron chi connectivity index (χ4n) is 1.87. The molecule has 0 N–H and O–H groups in total. The quantitative estimate of drug-likeness (QED) is 0.589. The van der Waals surface area contributed by atoms with Gasteiger partial charge >= 0.3 is 0 Å². The van der Waals surface area contributed by atoms with E-state index in [1.54, 1.807) is 0 Å². The fraction of sp³-hybridized carbons (Fsp3) is 0.923. The maximum atomic E-state index is 6.01. The molecule has 2 nitrogen and oxygen atoms in total. The Morgan fingerprint density at radius 2 is 1.73 bits per heavy atom. The van der Waals surface area contributed by atoms with Crippen molar-refractivity contribution in [3.05, 3.63) is 0 Å². The maximum Gasteiger partial charge on any atom is 0.105 e. The lowest BCUT2D eigenvalue weighted by Gasteiger charge is -2.32. The van der Waals surface area contributed by atoms with Crippen molar-refractivity contribution < 1.29 is 4.74 Å². The predicted octanol–water partition coefficient (Wildman–Crippen LogP) is 3.84. The van der Waals surface area contributed by atoms with Crippen LogP contribution >= 0.6 is 0 Å². The first-order valence-corrected chi connectivity index (χ1v) is 6.21. The Bertz CT molecular complexity index is 193. The van der Waals surface area contributed by atoms with Crippen LogP contribution in [0.15, 0.2) is 4.99 Å². The minimum Gasteiger partial charge on any atom is -0.369 e. The Hall–Kier alpha value is -0.370. The molecular weight excluding hydrogens is 186 g/mol. The molecule has 0 saturated carbocycles. The third-order valence-electron chi connectivity index (χ3n) is 2.84. The van der Waals surface area contributed by atoms with Gasteiger partial charge in [0.05, 0.1) is 0 Å². The number of aliphatic imine (C=N–C) groups is 1. The van der Waals surface area contributed by atoms with Crippen LogP contribution in [0, 0.1) is 0 Å². The van der Waals surface area contributed by atoms with Gasteiger partial charge in [0, 0.05) is 18.4 Å². The first kappa shape index (κ1) is 14.6. The van der Waals surface area contributed by atoms with Gasteiger partial charge in [-0.05, 0) is 40.0 Å². The van der Waals surface area contributed by atoms with E-state index < -0.39 is 0 Å². The molecule has 0 aliphatic carbocycles. The Balaban J connectivity index is 4.74. The van der Waals surface area contributed by atoms with Crippen LogP contribution in [0.5, 0.6) is 0 Å². The van der Waals surface area contributed by atoms with Gasteiger partial charge in [-0.2, -0.15) is 0 Å². The molecule has 0 aromatic heterocycles. The topological polar surface area (TPSA) is 21.6 Å². The van der Waals surface area contributed by atoms with E-state index in [-0.39, 0.29) is 5.60 Å². The van der Waals surface area contributed by atoms with Gasteiger partial charge in [-0.1, -0.05) is 20.8 Å². The number of ether oxygens (including phenoxy) is 1. The lowest BCUT2D eigenvalue weighted by molar-refractivity contribution is 0.00140. The Kier molecular flexibility index (Phi) is 6.82. The van der Waals surface area contributed by atoms with E-state index in [1.165, 1.54) is 0 Å². The molecule has 0 unspecified atom stereocenters. The zero-order valence-corrected chi connectivity index (χ0v) is 11.3. The second-order valence-corrected chi connectivity index (χ2v) is 4.36. The van der Waals surface area contributed by atoms with Crippen molar-refractivity contribution in [2.75, 3.05) is 6.61 Å². The van der Waals surface area contributed by atoms with E-state index in [4.69, 9.17) is 4.74 Å². The van der Waals surface area contributed by atoms with Crippen molar-refractivity contribution in [3.8, 4) is 0 Å². The third-order valence-corrected chi connectivity index (χ3v) is 2.84. The van der Waals surface area contributed by atoms with Crippen LogP contribution in [-0.4, -0.2) is 24.0 Å². The Morgan fingerprint density at radius 3 is 2.07 bits per heavy atom. The molecule has 0 heterocycles. The van der Waals surface area contributed by atoms with E-state index in [2.05, 4.69) is 46.5 Å². The SMILES string of the molecule is CCCOC(CC)(CC)C(C)=NC(C)C. The molecule has 0 aromatic rings. The van der Waals surface area contributed by atoms with Gasteiger partial charge in [0.1, 0.15) is 5.60 Å². The van der Waals surface area contributed by atoms with Gasteiger partial charge in [-0.15, -0.1) is 0 Å². The van der Waals surface area contributed by atoms with Crippen molar-refractivity contribution in [3.63, 3.8) is 0 Å². The van der Waals surface area contributed by atoms with Crippen LogP contribution in [-0.2, 0) is 4.74 Å². The standard InChI is InChI=1S/C13H27NO/c1-7-10-15-13(8-2,9-3)12(6)14-11(4)5/h11H,7-10H2,1-6H3. The molecule has 0 spiro atoms. The first-order valence-electron chi connectivity index (χ1n) is 6.21. The van der Waals surface area contributed by atoms with E-state index in [0.29, 0.717) is 6.04 Å². The molecule has 0 saturated heterocycles. The average Bonchev–Trinajstić information content (AvgIpc) is 2.19. The molecule has 15 heavy (non-hydrogen) atoms. The van der Waals surface area contributed by atoms with Gasteiger partial charge < -0.3 is 4.74 Å². The second kappa shape index (κ2) is 7.00. The number of nitrogens with zero attached hydrogens (tertiary/aromatic N) is 1. The molecule has 2 heteroatoms. The van der Waals surface area contributed by atoms with Crippen LogP contribution in [0.1, 0.15) is 60.8 Å². The smallest absolute Gasteiger partial charge is 0.105 e. The van der Waals surface area contributed by atoms with Crippen molar-refractivity contribution in [2.24, 2.45) is 4.99 Å². The second-order valence-electron chi connectivity index (χ2n) is 4.36. The predicted molar refractivity (Wildman–Crippen MR) is 67.8 cm³/mol. The molecule has 0 aliphatic rings. The summed E-state index contributed by atoms with van der Waals surface area (Å²) in [5.41, 5.74) is 1.02. The lowest BCUT2D eigenvalue weighted by Crippen LogP contribution is -2.39. The summed E-state index contributed by atoms with van der Waals surface area (Å²) in [5.74, 6) is 0. The number of hydrogen-bond acceptors (Lipinski definition) is 2. The van der Waals surface area contributed by atoms with E-state index in [0.717, 1.165) is 31.6 Å². The summed E-state index contributed by atoms with van der Waals surface area (Å²) in [7, 11) is 0. The summed E-state index contributed by atoms with van der Waals surface area (Å²) in [4.78, 5) is 4.64. The normalized spacial score (nSPS) is 13.7.